The van der Waals surface area contributed by atoms with Gasteiger partial charge in [0.15, 0.2) is 5.82 Å². The van der Waals surface area contributed by atoms with E-state index in [1.807, 2.05) is 17.0 Å². The van der Waals surface area contributed by atoms with E-state index in [9.17, 15) is 9.18 Å². The summed E-state index contributed by atoms with van der Waals surface area (Å²) >= 11 is 0. The third-order valence-electron chi connectivity index (χ3n) is 5.14. The Balaban J connectivity index is 0.000000188. The molecule has 1 amide bonds. The minimum atomic E-state index is -0.0370. The van der Waals surface area contributed by atoms with Crippen molar-refractivity contribution in [1.82, 2.24) is 14.9 Å². The van der Waals surface area contributed by atoms with Crippen molar-refractivity contribution in [3.8, 4) is 5.88 Å². The van der Waals surface area contributed by atoms with Gasteiger partial charge in [-0.3, -0.25) is 4.79 Å². The lowest BCUT2D eigenvalue weighted by Crippen LogP contribution is -2.34. The highest BCUT2D eigenvalue weighted by Crippen LogP contribution is 2.40. The van der Waals surface area contributed by atoms with Crippen molar-refractivity contribution in [2.45, 2.75) is 31.6 Å². The predicted octanol–water partition coefficient (Wildman–Crippen LogP) is 3.47. The fourth-order valence-corrected chi connectivity index (χ4v) is 3.30. The van der Waals surface area contributed by atoms with Crippen molar-refractivity contribution in [2.24, 2.45) is 5.92 Å². The molecule has 0 bridgehead atoms. The number of nitrogens with one attached hydrogen (secondary N) is 1. The number of rotatable bonds is 6. The van der Waals surface area contributed by atoms with Crippen LogP contribution in [-0.4, -0.2) is 48.0 Å². The lowest BCUT2D eigenvalue weighted by molar-refractivity contribution is -0.119. The van der Waals surface area contributed by atoms with Gasteiger partial charge in [0.1, 0.15) is 5.82 Å². The number of halogens is 1. The normalized spacial score (nSPS) is 16.7. The molecule has 0 unspecified atom stereocenters. The molecule has 7 heteroatoms. The number of hydrogen-bond donors (Lipinski definition) is 1. The number of amides is 1. The largest absolute Gasteiger partial charge is 0.478 e. The maximum atomic E-state index is 12.9. The van der Waals surface area contributed by atoms with Gasteiger partial charge in [-0.1, -0.05) is 18.2 Å². The van der Waals surface area contributed by atoms with Crippen molar-refractivity contribution in [3.63, 3.8) is 0 Å². The second-order valence-electron chi connectivity index (χ2n) is 7.18. The van der Waals surface area contributed by atoms with E-state index in [2.05, 4.69) is 15.3 Å². The number of carbonyl (C=O) groups excluding carboxylic acids is 1. The summed E-state index contributed by atoms with van der Waals surface area (Å²) in [5.74, 6) is 2.25. The van der Waals surface area contributed by atoms with Crippen LogP contribution in [0.2, 0.25) is 0 Å². The molecule has 2 fully saturated rings. The van der Waals surface area contributed by atoms with Gasteiger partial charge in [0, 0.05) is 32.0 Å². The summed E-state index contributed by atoms with van der Waals surface area (Å²) in [7, 11) is 1.58. The van der Waals surface area contributed by atoms with Crippen molar-refractivity contribution < 1.29 is 13.9 Å². The van der Waals surface area contributed by atoms with E-state index in [1.54, 1.807) is 25.6 Å². The monoisotopic (exact) mass is 386 g/mol. The van der Waals surface area contributed by atoms with Crippen LogP contribution in [0, 0.1) is 11.7 Å². The van der Waals surface area contributed by atoms with Crippen LogP contribution in [0.1, 0.15) is 37.2 Å². The number of nitrogens with zero attached hydrogens (tertiary/aromatic N) is 3. The first-order chi connectivity index (χ1) is 13.7. The molecule has 1 N–H and O–H groups in total. The summed E-state index contributed by atoms with van der Waals surface area (Å²) in [6, 6.07) is 7.05. The highest BCUT2D eigenvalue weighted by atomic mass is 19.1. The van der Waals surface area contributed by atoms with Crippen LogP contribution in [0.5, 0.6) is 5.88 Å². The third kappa shape index (κ3) is 5.65. The molecule has 0 atom stereocenters. The Morgan fingerprint density at radius 2 is 1.89 bits per heavy atom. The number of ether oxygens (including phenoxy) is 1. The van der Waals surface area contributed by atoms with E-state index < -0.39 is 0 Å². The number of piperidine rings is 1. The van der Waals surface area contributed by atoms with Gasteiger partial charge in [0.05, 0.1) is 7.11 Å². The predicted molar refractivity (Wildman–Crippen MR) is 106 cm³/mol. The molecular formula is C21H27FN4O2. The first kappa shape index (κ1) is 20.0. The molecule has 28 heavy (non-hydrogen) atoms. The number of carbonyl (C=O) groups is 1. The van der Waals surface area contributed by atoms with Crippen molar-refractivity contribution in [2.75, 3.05) is 32.1 Å². The second-order valence-corrected chi connectivity index (χ2v) is 7.18. The summed E-state index contributed by atoms with van der Waals surface area (Å²) in [5.41, 5.74) is 0.905. The Morgan fingerprint density at radius 3 is 2.54 bits per heavy atom. The number of benzene rings is 1. The van der Waals surface area contributed by atoms with Gasteiger partial charge in [-0.25, -0.2) is 14.4 Å². The highest BCUT2D eigenvalue weighted by molar-refractivity contribution is 5.47. The first-order valence-corrected chi connectivity index (χ1v) is 9.74. The molecular weight excluding hydrogens is 359 g/mol. The molecule has 150 valence electrons. The quantitative estimate of drug-likeness (QED) is 0.770. The Morgan fingerprint density at radius 1 is 1.18 bits per heavy atom. The van der Waals surface area contributed by atoms with Crippen LogP contribution in [0.15, 0.2) is 36.7 Å². The van der Waals surface area contributed by atoms with Gasteiger partial charge in [0.2, 0.25) is 6.41 Å². The summed E-state index contributed by atoms with van der Waals surface area (Å²) < 4.78 is 18.0. The highest BCUT2D eigenvalue weighted by Gasteiger charge is 2.25. The Kier molecular flexibility index (Phi) is 7.17. The van der Waals surface area contributed by atoms with Gasteiger partial charge in [-0.15, -0.1) is 0 Å². The van der Waals surface area contributed by atoms with E-state index in [-0.39, 0.29) is 5.82 Å². The number of aromatic nitrogens is 2. The fraction of sp³-hybridized carbons (Fsp3) is 0.476. The number of likely N-dealkylation sites (tertiary alicyclic amines) is 1. The third-order valence-corrected chi connectivity index (χ3v) is 5.14. The number of anilines is 1. The Labute approximate surface area is 165 Å². The molecule has 0 spiro atoms. The van der Waals surface area contributed by atoms with E-state index in [0.717, 1.165) is 44.4 Å². The van der Waals surface area contributed by atoms with Gasteiger partial charge in [-0.2, -0.15) is 0 Å². The molecule has 4 rings (SSSR count). The molecule has 1 aliphatic carbocycles. The second kappa shape index (κ2) is 10.0. The number of methoxy groups -OCH3 is 1. The van der Waals surface area contributed by atoms with Crippen LogP contribution in [-0.2, 0) is 4.79 Å². The van der Waals surface area contributed by atoms with Gasteiger partial charge >= 0.3 is 0 Å². The van der Waals surface area contributed by atoms with E-state index in [4.69, 9.17) is 4.74 Å². The molecule has 1 saturated carbocycles. The average molecular weight is 386 g/mol. The van der Waals surface area contributed by atoms with Gasteiger partial charge in [-0.05, 0) is 49.1 Å². The zero-order valence-corrected chi connectivity index (χ0v) is 16.2. The summed E-state index contributed by atoms with van der Waals surface area (Å²) in [4.78, 5) is 20.7. The maximum absolute atomic E-state index is 12.9. The number of hydrogen-bond acceptors (Lipinski definition) is 5. The maximum Gasteiger partial charge on any atom is 0.257 e. The lowest BCUT2D eigenvalue weighted by atomic mass is 9.97. The average Bonchev–Trinajstić information content (AvgIpc) is 3.59. The Hall–Kier alpha value is -2.70. The summed E-state index contributed by atoms with van der Waals surface area (Å²) in [6.07, 6.45) is 8.55. The topological polar surface area (TPSA) is 67.4 Å². The van der Waals surface area contributed by atoms with Crippen LogP contribution < -0.4 is 10.1 Å². The fourth-order valence-electron chi connectivity index (χ4n) is 3.30. The lowest BCUT2D eigenvalue weighted by Gasteiger charge is -2.29. The van der Waals surface area contributed by atoms with Crippen LogP contribution in [0.4, 0.5) is 10.2 Å². The standard InChI is InChI=1S/C12H18N4O2.C9H9F/c1-18-12-11(13-4-5-14-12)15-8-10-2-6-16(9-17)7-3-10;10-9-4-2-1-3-8(9)7-5-6-7/h4-5,9-10H,2-3,6-8H2,1H3,(H,13,15);1-4,7H,5-6H2. The molecule has 1 saturated heterocycles. The summed E-state index contributed by atoms with van der Waals surface area (Å²) in [6.45, 7) is 2.52. The van der Waals surface area contributed by atoms with Crippen LogP contribution in [0.3, 0.4) is 0 Å². The van der Waals surface area contributed by atoms with E-state index in [1.165, 1.54) is 18.9 Å². The van der Waals surface area contributed by atoms with Crippen molar-refractivity contribution in [3.05, 3.63) is 48.0 Å². The SMILES string of the molecule is COc1nccnc1NCC1CCN(C=O)CC1.Fc1ccccc1C1CC1. The van der Waals surface area contributed by atoms with Crippen LogP contribution in [0.25, 0.3) is 0 Å². The van der Waals surface area contributed by atoms with Crippen LogP contribution >= 0.6 is 0 Å². The molecule has 1 aliphatic heterocycles. The molecule has 2 aliphatic rings. The molecule has 6 nitrogen and oxygen atoms in total. The van der Waals surface area contributed by atoms with Gasteiger partial charge < -0.3 is 15.0 Å². The minimum Gasteiger partial charge on any atom is -0.478 e. The Bertz CT molecular complexity index is 762. The zero-order valence-electron chi connectivity index (χ0n) is 16.2. The first-order valence-electron chi connectivity index (χ1n) is 9.74. The summed E-state index contributed by atoms with van der Waals surface area (Å²) in [5, 5.41) is 3.26. The zero-order chi connectivity index (χ0) is 19.8. The van der Waals surface area contributed by atoms with E-state index >= 15 is 0 Å². The molecule has 0 radical (unpaired) electrons. The molecule has 2 aromatic rings. The molecule has 2 heterocycles. The van der Waals surface area contributed by atoms with Crippen molar-refractivity contribution >= 4 is 12.2 Å². The van der Waals surface area contributed by atoms with E-state index in [0.29, 0.717) is 23.5 Å². The molecule has 1 aromatic heterocycles. The minimum absolute atomic E-state index is 0.0370. The molecule has 1 aromatic carbocycles. The van der Waals surface area contributed by atoms with Gasteiger partial charge in [0.25, 0.3) is 5.88 Å². The smallest absolute Gasteiger partial charge is 0.257 e. The van der Waals surface area contributed by atoms with Crippen molar-refractivity contribution in [1.29, 1.82) is 0 Å².